The fourth-order valence-electron chi connectivity index (χ4n) is 2.77. The van der Waals surface area contributed by atoms with Gasteiger partial charge in [-0.1, -0.05) is 20.8 Å². The molecule has 4 nitrogen and oxygen atoms in total. The van der Waals surface area contributed by atoms with Gasteiger partial charge in [-0.15, -0.1) is 0 Å². The highest BCUT2D eigenvalue weighted by atomic mass is 19.4. The van der Waals surface area contributed by atoms with Gasteiger partial charge in [-0.25, -0.2) is 0 Å². The lowest BCUT2D eigenvalue weighted by Gasteiger charge is -2.45. The van der Waals surface area contributed by atoms with Gasteiger partial charge in [0.1, 0.15) is 11.6 Å². The van der Waals surface area contributed by atoms with Gasteiger partial charge in [-0.05, 0) is 25.7 Å². The van der Waals surface area contributed by atoms with Crippen LogP contribution in [0.3, 0.4) is 0 Å². The summed E-state index contributed by atoms with van der Waals surface area (Å²) in [4.78, 5) is 26.1. The van der Waals surface area contributed by atoms with Crippen molar-refractivity contribution in [2.45, 2.75) is 70.6 Å². The molecule has 21 heavy (non-hydrogen) atoms. The van der Waals surface area contributed by atoms with Crippen LogP contribution in [0.1, 0.15) is 52.9 Å². The number of halogens is 3. The zero-order valence-electron chi connectivity index (χ0n) is 12.7. The van der Waals surface area contributed by atoms with Crippen LogP contribution in [0.15, 0.2) is 0 Å². The summed E-state index contributed by atoms with van der Waals surface area (Å²) in [7, 11) is 0. The maximum atomic E-state index is 12.6. The van der Waals surface area contributed by atoms with Gasteiger partial charge in [0, 0.05) is 13.0 Å². The van der Waals surface area contributed by atoms with Gasteiger partial charge < -0.3 is 10.2 Å². The lowest BCUT2D eigenvalue weighted by molar-refractivity contribution is -0.157. The number of amides is 2. The second-order valence-corrected chi connectivity index (χ2v) is 5.42. The first-order valence-electron chi connectivity index (χ1n) is 7.40. The van der Waals surface area contributed by atoms with E-state index in [0.717, 1.165) is 0 Å². The summed E-state index contributed by atoms with van der Waals surface area (Å²) >= 11 is 0. The summed E-state index contributed by atoms with van der Waals surface area (Å²) in [6.45, 7) is 5.30. The van der Waals surface area contributed by atoms with Crippen molar-refractivity contribution < 1.29 is 22.8 Å². The van der Waals surface area contributed by atoms with Crippen LogP contribution in [-0.4, -0.2) is 41.0 Å². The predicted molar refractivity (Wildman–Crippen MR) is 72.5 cm³/mol. The molecule has 7 heteroatoms. The van der Waals surface area contributed by atoms with Crippen LogP contribution in [0, 0.1) is 0 Å². The zero-order chi connectivity index (χ0) is 16.3. The van der Waals surface area contributed by atoms with Crippen molar-refractivity contribution in [1.29, 1.82) is 0 Å². The van der Waals surface area contributed by atoms with Crippen LogP contribution in [-0.2, 0) is 9.59 Å². The Kier molecular flexibility index (Phi) is 5.64. The molecular weight excluding hydrogens is 285 g/mol. The van der Waals surface area contributed by atoms with E-state index in [-0.39, 0.29) is 24.8 Å². The summed E-state index contributed by atoms with van der Waals surface area (Å²) in [6.07, 6.45) is -4.11. The largest absolute Gasteiger partial charge is 0.389 e. The number of nitrogens with zero attached hydrogens (tertiary/aromatic N) is 1. The van der Waals surface area contributed by atoms with Gasteiger partial charge in [0.2, 0.25) is 11.8 Å². The number of rotatable bonds is 6. The Morgan fingerprint density at radius 3 is 2.19 bits per heavy atom. The molecule has 0 bridgehead atoms. The highest BCUT2D eigenvalue weighted by molar-refractivity contribution is 5.99. The molecule has 0 aromatic rings. The van der Waals surface area contributed by atoms with E-state index in [4.69, 9.17) is 0 Å². The fraction of sp³-hybridized carbons (Fsp3) is 0.857. The molecule has 1 fully saturated rings. The topological polar surface area (TPSA) is 49.4 Å². The van der Waals surface area contributed by atoms with Gasteiger partial charge >= 0.3 is 6.18 Å². The molecule has 1 N–H and O–H groups in total. The third kappa shape index (κ3) is 3.89. The van der Waals surface area contributed by atoms with Crippen molar-refractivity contribution in [3.8, 4) is 0 Å². The summed E-state index contributed by atoms with van der Waals surface area (Å²) < 4.78 is 36.8. The highest BCUT2D eigenvalue weighted by Gasteiger charge is 2.48. The molecule has 1 aliphatic heterocycles. The summed E-state index contributed by atoms with van der Waals surface area (Å²) in [5, 5.41) is 2.76. The van der Waals surface area contributed by atoms with Crippen molar-refractivity contribution in [3.05, 3.63) is 0 Å². The van der Waals surface area contributed by atoms with Gasteiger partial charge in [-0.2, -0.15) is 13.2 Å². The molecule has 0 saturated carbocycles. The second kappa shape index (κ2) is 6.66. The Morgan fingerprint density at radius 1 is 1.19 bits per heavy atom. The van der Waals surface area contributed by atoms with E-state index in [1.54, 1.807) is 20.8 Å². The van der Waals surface area contributed by atoms with Crippen molar-refractivity contribution in [2.75, 3.05) is 6.54 Å². The second-order valence-electron chi connectivity index (χ2n) is 5.42. The summed E-state index contributed by atoms with van der Waals surface area (Å²) in [5.41, 5.74) is -0.971. The van der Waals surface area contributed by atoms with E-state index in [2.05, 4.69) is 5.32 Å². The molecule has 0 aliphatic carbocycles. The first-order valence-corrected chi connectivity index (χ1v) is 7.40. The molecule has 1 heterocycles. The molecule has 0 aromatic carbocycles. The first kappa shape index (κ1) is 17.8. The average Bonchev–Trinajstić information content (AvgIpc) is 2.41. The Morgan fingerprint density at radius 2 is 1.76 bits per heavy atom. The minimum absolute atomic E-state index is 0.0357. The van der Waals surface area contributed by atoms with Crippen molar-refractivity contribution in [2.24, 2.45) is 0 Å². The van der Waals surface area contributed by atoms with Crippen LogP contribution in [0.25, 0.3) is 0 Å². The highest BCUT2D eigenvalue weighted by Crippen LogP contribution is 2.28. The number of piperazine rings is 1. The third-order valence-electron chi connectivity index (χ3n) is 4.16. The molecular formula is C14H23F3N2O2. The van der Waals surface area contributed by atoms with Gasteiger partial charge in [-0.3, -0.25) is 9.59 Å². The lowest BCUT2D eigenvalue weighted by Crippen LogP contribution is -2.70. The number of carbonyl (C=O) groups excluding carboxylic acids is 2. The van der Waals surface area contributed by atoms with Crippen LogP contribution < -0.4 is 5.32 Å². The maximum Gasteiger partial charge on any atom is 0.389 e. The Balaban J connectivity index is 2.89. The fourth-order valence-corrected chi connectivity index (χ4v) is 2.77. The number of hydrogen-bond acceptors (Lipinski definition) is 2. The van der Waals surface area contributed by atoms with Crippen molar-refractivity contribution in [1.82, 2.24) is 10.2 Å². The molecule has 1 saturated heterocycles. The predicted octanol–water partition coefficient (Wildman–Crippen LogP) is 2.62. The molecule has 0 radical (unpaired) electrons. The molecule has 1 rings (SSSR count). The normalized spacial score (nSPS) is 22.4. The zero-order valence-corrected chi connectivity index (χ0v) is 12.7. The Labute approximate surface area is 123 Å². The minimum Gasteiger partial charge on any atom is -0.340 e. The standard InChI is InChI=1S/C14H23F3N2O2/c1-4-10-11(20)18-13(5-2,6-3)12(21)19(10)9-7-8-14(15,16)17/h10H,4-9H2,1-3H3,(H,18,20). The molecule has 1 unspecified atom stereocenters. The van der Waals surface area contributed by atoms with Gasteiger partial charge in [0.15, 0.2) is 0 Å². The van der Waals surface area contributed by atoms with Crippen LogP contribution in [0.4, 0.5) is 13.2 Å². The van der Waals surface area contributed by atoms with Crippen LogP contribution in [0.5, 0.6) is 0 Å². The van der Waals surface area contributed by atoms with Gasteiger partial charge in [0.25, 0.3) is 0 Å². The summed E-state index contributed by atoms with van der Waals surface area (Å²) in [6, 6.07) is -0.669. The van der Waals surface area contributed by atoms with E-state index < -0.39 is 24.2 Å². The number of nitrogens with one attached hydrogen (secondary N) is 1. The number of alkyl halides is 3. The quantitative estimate of drug-likeness (QED) is 0.820. The average molecular weight is 308 g/mol. The SMILES string of the molecule is CCC1C(=O)NC(CC)(CC)C(=O)N1CCCC(F)(F)F. The Hall–Kier alpha value is -1.27. The number of hydrogen-bond donors (Lipinski definition) is 1. The lowest BCUT2D eigenvalue weighted by atomic mass is 9.86. The maximum absolute atomic E-state index is 12.6. The smallest absolute Gasteiger partial charge is 0.340 e. The molecule has 2 amide bonds. The Bertz CT molecular complexity index is 392. The van der Waals surface area contributed by atoms with E-state index in [0.29, 0.717) is 19.3 Å². The molecule has 0 aromatic heterocycles. The van der Waals surface area contributed by atoms with Crippen molar-refractivity contribution in [3.63, 3.8) is 0 Å². The molecule has 1 atom stereocenters. The summed E-state index contributed by atoms with van der Waals surface area (Å²) in [5.74, 6) is -0.533. The van der Waals surface area contributed by atoms with Gasteiger partial charge in [0.05, 0.1) is 0 Å². The first-order chi connectivity index (χ1) is 9.70. The minimum atomic E-state index is -4.24. The molecule has 122 valence electrons. The van der Waals surface area contributed by atoms with Crippen LogP contribution in [0.2, 0.25) is 0 Å². The van der Waals surface area contributed by atoms with E-state index in [1.807, 2.05) is 0 Å². The number of carbonyl (C=O) groups is 2. The van der Waals surface area contributed by atoms with E-state index >= 15 is 0 Å². The van der Waals surface area contributed by atoms with Crippen molar-refractivity contribution >= 4 is 11.8 Å². The molecule has 0 spiro atoms. The van der Waals surface area contributed by atoms with E-state index in [9.17, 15) is 22.8 Å². The monoisotopic (exact) mass is 308 g/mol. The van der Waals surface area contributed by atoms with E-state index in [1.165, 1.54) is 4.90 Å². The third-order valence-corrected chi connectivity index (χ3v) is 4.16. The van der Waals surface area contributed by atoms with Crippen LogP contribution >= 0.6 is 0 Å². The molecule has 1 aliphatic rings.